The highest BCUT2D eigenvalue weighted by atomic mass is 35.5. The number of halogens is 2. The number of imide groups is 1. The van der Waals surface area contributed by atoms with Crippen molar-refractivity contribution in [2.45, 2.75) is 6.54 Å². The number of carbonyl (C=O) groups is 2. The van der Waals surface area contributed by atoms with Gasteiger partial charge in [-0.2, -0.15) is 0 Å². The predicted octanol–water partition coefficient (Wildman–Crippen LogP) is 4.44. The smallest absolute Gasteiger partial charge is 0.293 e. The van der Waals surface area contributed by atoms with Crippen LogP contribution in [0.1, 0.15) is 11.1 Å². The van der Waals surface area contributed by atoms with E-state index in [-0.39, 0.29) is 18.2 Å². The van der Waals surface area contributed by atoms with Crippen molar-refractivity contribution >= 4 is 40.6 Å². The fraction of sp³-hybridized carbons (Fsp3) is 0.111. The van der Waals surface area contributed by atoms with Gasteiger partial charge in [-0.3, -0.25) is 14.5 Å². The van der Waals surface area contributed by atoms with Gasteiger partial charge in [-0.25, -0.2) is 4.39 Å². The third-order valence-corrected chi connectivity index (χ3v) is 5.15. The SMILES string of the molecule is O=C1S/C(=C\c2cccc(F)c2)C(=O)N1Cc1cc2c(cc1Cl)OCO2. The number of ether oxygens (including phenoxy) is 2. The molecule has 0 spiro atoms. The van der Waals surface area contributed by atoms with Crippen LogP contribution in [0.25, 0.3) is 6.08 Å². The van der Waals surface area contributed by atoms with Gasteiger partial charge in [-0.1, -0.05) is 23.7 Å². The van der Waals surface area contributed by atoms with Gasteiger partial charge in [0.25, 0.3) is 11.1 Å². The molecule has 26 heavy (non-hydrogen) atoms. The molecule has 0 aromatic heterocycles. The Kier molecular flexibility index (Phi) is 4.34. The number of hydrogen-bond acceptors (Lipinski definition) is 5. The summed E-state index contributed by atoms with van der Waals surface area (Å²) in [6.45, 7) is 0.119. The molecule has 132 valence electrons. The van der Waals surface area contributed by atoms with Crippen molar-refractivity contribution in [1.82, 2.24) is 4.90 Å². The van der Waals surface area contributed by atoms with E-state index in [0.717, 1.165) is 16.7 Å². The number of rotatable bonds is 3. The van der Waals surface area contributed by atoms with E-state index in [0.29, 0.717) is 27.6 Å². The van der Waals surface area contributed by atoms with Crippen molar-refractivity contribution < 1.29 is 23.5 Å². The number of carbonyl (C=O) groups excluding carboxylic acids is 2. The van der Waals surface area contributed by atoms with Gasteiger partial charge in [0.1, 0.15) is 5.82 Å². The molecule has 0 aliphatic carbocycles. The van der Waals surface area contributed by atoms with Gasteiger partial charge in [0, 0.05) is 11.1 Å². The quantitative estimate of drug-likeness (QED) is 0.724. The zero-order valence-corrected chi connectivity index (χ0v) is 14.8. The van der Waals surface area contributed by atoms with Gasteiger partial charge in [-0.15, -0.1) is 0 Å². The minimum atomic E-state index is -0.446. The molecule has 2 amide bonds. The van der Waals surface area contributed by atoms with Crippen molar-refractivity contribution in [1.29, 1.82) is 0 Å². The predicted molar refractivity (Wildman–Crippen MR) is 95.5 cm³/mol. The molecule has 2 aliphatic heterocycles. The lowest BCUT2D eigenvalue weighted by atomic mass is 10.1. The average molecular weight is 392 g/mol. The van der Waals surface area contributed by atoms with E-state index in [4.69, 9.17) is 21.1 Å². The zero-order valence-electron chi connectivity index (χ0n) is 13.2. The van der Waals surface area contributed by atoms with E-state index in [1.165, 1.54) is 24.3 Å². The summed E-state index contributed by atoms with van der Waals surface area (Å²) < 4.78 is 23.8. The maximum atomic E-state index is 13.3. The lowest BCUT2D eigenvalue weighted by Gasteiger charge is -2.14. The Balaban J connectivity index is 1.59. The molecule has 2 heterocycles. The molecule has 1 fully saturated rings. The monoisotopic (exact) mass is 391 g/mol. The van der Waals surface area contributed by atoms with Crippen LogP contribution >= 0.6 is 23.4 Å². The third-order valence-electron chi connectivity index (χ3n) is 3.89. The molecule has 2 aromatic carbocycles. The summed E-state index contributed by atoms with van der Waals surface area (Å²) in [6.07, 6.45) is 1.50. The first-order valence-corrected chi connectivity index (χ1v) is 8.79. The second-order valence-electron chi connectivity index (χ2n) is 5.62. The number of thioether (sulfide) groups is 1. The first-order valence-electron chi connectivity index (χ1n) is 7.60. The first-order chi connectivity index (χ1) is 12.5. The molecular weight excluding hydrogens is 381 g/mol. The van der Waals surface area contributed by atoms with Gasteiger partial charge < -0.3 is 9.47 Å². The number of fused-ring (bicyclic) bond motifs is 1. The summed E-state index contributed by atoms with van der Waals surface area (Å²) in [4.78, 5) is 26.2. The lowest BCUT2D eigenvalue weighted by molar-refractivity contribution is -0.123. The highest BCUT2D eigenvalue weighted by Gasteiger charge is 2.35. The fourth-order valence-corrected chi connectivity index (χ4v) is 3.69. The number of hydrogen-bond donors (Lipinski definition) is 0. The maximum Gasteiger partial charge on any atom is 0.293 e. The molecule has 0 unspecified atom stereocenters. The zero-order chi connectivity index (χ0) is 18.3. The van der Waals surface area contributed by atoms with Crippen LogP contribution in [0.5, 0.6) is 11.5 Å². The highest BCUT2D eigenvalue weighted by molar-refractivity contribution is 8.18. The summed E-state index contributed by atoms with van der Waals surface area (Å²) in [7, 11) is 0. The molecule has 0 N–H and O–H groups in total. The van der Waals surface area contributed by atoms with Gasteiger partial charge in [0.15, 0.2) is 11.5 Å². The Morgan fingerprint density at radius 3 is 2.73 bits per heavy atom. The molecule has 0 saturated carbocycles. The Hall–Kier alpha value is -2.51. The molecule has 0 bridgehead atoms. The Bertz CT molecular complexity index is 962. The van der Waals surface area contributed by atoms with Crippen molar-refractivity contribution in [3.05, 3.63) is 63.3 Å². The highest BCUT2D eigenvalue weighted by Crippen LogP contribution is 2.39. The number of amides is 2. The van der Waals surface area contributed by atoms with E-state index in [2.05, 4.69) is 0 Å². The van der Waals surface area contributed by atoms with Crippen LogP contribution in [-0.2, 0) is 11.3 Å². The van der Waals surface area contributed by atoms with E-state index in [9.17, 15) is 14.0 Å². The summed E-state index contributed by atoms with van der Waals surface area (Å²) in [5.41, 5.74) is 1.09. The van der Waals surface area contributed by atoms with Crippen LogP contribution < -0.4 is 9.47 Å². The van der Waals surface area contributed by atoms with Crippen LogP contribution in [0.15, 0.2) is 41.3 Å². The first kappa shape index (κ1) is 16.9. The summed E-state index contributed by atoms with van der Waals surface area (Å²) in [5.74, 6) is 0.189. The minimum Gasteiger partial charge on any atom is -0.454 e. The second-order valence-corrected chi connectivity index (χ2v) is 7.02. The average Bonchev–Trinajstić information content (AvgIpc) is 3.14. The van der Waals surface area contributed by atoms with E-state index in [1.54, 1.807) is 18.2 Å². The van der Waals surface area contributed by atoms with Crippen LogP contribution in [0.4, 0.5) is 9.18 Å². The van der Waals surface area contributed by atoms with Crippen molar-refractivity contribution in [3.63, 3.8) is 0 Å². The lowest BCUT2D eigenvalue weighted by Crippen LogP contribution is -2.27. The fourth-order valence-electron chi connectivity index (χ4n) is 2.63. The van der Waals surface area contributed by atoms with Crippen LogP contribution in [-0.4, -0.2) is 22.8 Å². The largest absolute Gasteiger partial charge is 0.454 e. The summed E-state index contributed by atoms with van der Waals surface area (Å²) in [5, 5.41) is -0.0335. The van der Waals surface area contributed by atoms with Crippen LogP contribution in [0.3, 0.4) is 0 Å². The molecule has 0 radical (unpaired) electrons. The Labute approximate surface area is 157 Å². The van der Waals surface area contributed by atoms with E-state index in [1.807, 2.05) is 0 Å². The topological polar surface area (TPSA) is 55.8 Å². The van der Waals surface area contributed by atoms with Crippen molar-refractivity contribution in [2.24, 2.45) is 0 Å². The van der Waals surface area contributed by atoms with Crippen LogP contribution in [0, 0.1) is 5.82 Å². The standard InChI is InChI=1S/C18H11ClFNO4S/c19-13-7-15-14(24-9-25-15)6-11(13)8-21-17(22)16(26-18(21)23)5-10-2-1-3-12(20)4-10/h1-7H,8-9H2/b16-5-. The molecule has 4 rings (SSSR count). The van der Waals surface area contributed by atoms with Crippen molar-refractivity contribution in [2.75, 3.05) is 6.79 Å². The summed E-state index contributed by atoms with van der Waals surface area (Å²) in [6, 6.07) is 9.06. The maximum absolute atomic E-state index is 13.3. The third kappa shape index (κ3) is 3.15. The summed E-state index contributed by atoms with van der Waals surface area (Å²) >= 11 is 7.03. The Morgan fingerprint density at radius 1 is 1.19 bits per heavy atom. The molecule has 2 aromatic rings. The van der Waals surface area contributed by atoms with E-state index >= 15 is 0 Å². The van der Waals surface area contributed by atoms with Gasteiger partial charge >= 0.3 is 0 Å². The molecule has 8 heteroatoms. The van der Waals surface area contributed by atoms with Gasteiger partial charge in [-0.05, 0) is 47.2 Å². The Morgan fingerprint density at radius 2 is 1.96 bits per heavy atom. The van der Waals surface area contributed by atoms with E-state index < -0.39 is 17.0 Å². The second kappa shape index (κ2) is 6.66. The molecule has 2 aliphatic rings. The molecule has 5 nitrogen and oxygen atoms in total. The van der Waals surface area contributed by atoms with Gasteiger partial charge in [0.2, 0.25) is 6.79 Å². The molecule has 0 atom stereocenters. The number of benzene rings is 2. The molecular formula is C18H11ClFNO4S. The number of nitrogens with zero attached hydrogens (tertiary/aromatic N) is 1. The normalized spacial score (nSPS) is 17.5. The van der Waals surface area contributed by atoms with Gasteiger partial charge in [0.05, 0.1) is 11.4 Å². The minimum absolute atomic E-state index is 0.0145. The van der Waals surface area contributed by atoms with Crippen molar-refractivity contribution in [3.8, 4) is 11.5 Å². The molecule has 1 saturated heterocycles. The van der Waals surface area contributed by atoms with Crippen LogP contribution in [0.2, 0.25) is 5.02 Å².